The van der Waals surface area contributed by atoms with E-state index in [1.807, 2.05) is 0 Å². The maximum atomic E-state index is 15.0. The molecule has 2 fully saturated rings. The highest BCUT2D eigenvalue weighted by atomic mass is 32.2. The molecule has 3 aromatic rings. The van der Waals surface area contributed by atoms with Gasteiger partial charge >= 0.3 is 12.0 Å². The number of Topliss-reactive ketones (excluding diaryl/α,β-unsaturated/α-hetero) is 1. The fourth-order valence-corrected chi connectivity index (χ4v) is 7.42. The number of hydrogen-bond donors (Lipinski definition) is 4. The lowest BCUT2D eigenvalue weighted by Gasteiger charge is -2.45. The number of nitrogens with one attached hydrogen (secondary N) is 3. The topological polar surface area (TPSA) is 182 Å². The zero-order chi connectivity index (χ0) is 34.3. The molecule has 250 valence electrons. The maximum absolute atomic E-state index is 15.0. The number of nitrogens with zero attached hydrogens (tertiary/aromatic N) is 2. The molecular formula is C33H32FN5O8S. The van der Waals surface area contributed by atoms with Crippen LogP contribution in [0.2, 0.25) is 0 Å². The van der Waals surface area contributed by atoms with E-state index in [9.17, 15) is 37.5 Å². The number of piperidine rings is 1. The van der Waals surface area contributed by atoms with Gasteiger partial charge in [0.05, 0.1) is 33.8 Å². The van der Waals surface area contributed by atoms with E-state index in [1.54, 1.807) is 30.1 Å². The molecule has 13 nitrogen and oxygen atoms in total. The van der Waals surface area contributed by atoms with Crippen LogP contribution in [0.3, 0.4) is 0 Å². The SMILES string of the molecule is CN1C(=O)N(c2ccc(C[C@H](NC(=O)c3ccc(NS(=O)(=O)c4ccc5c(c4)C(=O)CC5)cc3F)C(=O)O)cc2)C(=O)C2CCNCC21. The lowest BCUT2D eigenvalue weighted by Crippen LogP contribution is -2.65. The Kier molecular flexibility index (Phi) is 8.74. The molecule has 3 aliphatic rings. The number of fused-ring (bicyclic) bond motifs is 2. The third-order valence-corrected chi connectivity index (χ3v) is 10.4. The van der Waals surface area contributed by atoms with E-state index in [0.29, 0.717) is 49.2 Å². The van der Waals surface area contributed by atoms with E-state index in [2.05, 4.69) is 15.4 Å². The normalized spacial score (nSPS) is 19.8. The standard InChI is InChI=1S/C33H32FN5O8S/c1-38-28-17-35-13-12-24(28)31(42)39(33(38)45)21-7-2-18(3-8-21)14-27(32(43)44)36-30(41)23-10-6-20(15-26(23)34)37-48(46,47)22-9-4-19-5-11-29(40)25(19)16-22/h2-4,6-10,15-16,24,27-28,35,37H,5,11-14,17H2,1H3,(H,36,41)(H,43,44)/t24?,27-,28?/m0/s1. The molecule has 15 heteroatoms. The monoisotopic (exact) mass is 677 g/mol. The summed E-state index contributed by atoms with van der Waals surface area (Å²) in [6.07, 6.45) is 1.23. The van der Waals surface area contributed by atoms with Crippen LogP contribution in [0.5, 0.6) is 0 Å². The quantitative estimate of drug-likeness (QED) is 0.265. The van der Waals surface area contributed by atoms with Gasteiger partial charge in [-0.2, -0.15) is 0 Å². The highest BCUT2D eigenvalue weighted by Gasteiger charge is 2.46. The molecule has 4 N–H and O–H groups in total. The Morgan fingerprint density at radius 2 is 1.79 bits per heavy atom. The number of anilines is 2. The number of urea groups is 1. The van der Waals surface area contributed by atoms with Crippen LogP contribution in [0, 0.1) is 11.7 Å². The van der Waals surface area contributed by atoms with Gasteiger partial charge < -0.3 is 20.6 Å². The van der Waals surface area contributed by atoms with Gasteiger partial charge in [-0.1, -0.05) is 18.2 Å². The first kappa shape index (κ1) is 32.8. The summed E-state index contributed by atoms with van der Waals surface area (Å²) in [5.74, 6) is -4.31. The fourth-order valence-electron chi connectivity index (χ4n) is 6.35. The van der Waals surface area contributed by atoms with Crippen molar-refractivity contribution in [3.63, 3.8) is 0 Å². The molecule has 0 bridgehead atoms. The van der Waals surface area contributed by atoms with Crippen molar-refractivity contribution in [2.75, 3.05) is 29.8 Å². The molecule has 48 heavy (non-hydrogen) atoms. The van der Waals surface area contributed by atoms with Crippen molar-refractivity contribution in [2.45, 2.75) is 42.7 Å². The van der Waals surface area contributed by atoms with Crippen molar-refractivity contribution in [1.29, 1.82) is 0 Å². The molecule has 2 saturated heterocycles. The molecule has 0 aromatic heterocycles. The number of aliphatic carboxylic acids is 1. The molecule has 4 amide bonds. The number of imide groups is 1. The van der Waals surface area contributed by atoms with Crippen LogP contribution in [-0.4, -0.2) is 80.2 Å². The van der Waals surface area contributed by atoms with Gasteiger partial charge in [-0.05, 0) is 73.0 Å². The number of likely N-dealkylation sites (N-methyl/N-ethyl adjacent to an activating group) is 1. The van der Waals surface area contributed by atoms with E-state index >= 15 is 4.39 Å². The number of carboxylic acids is 1. The van der Waals surface area contributed by atoms with Crippen LogP contribution in [-0.2, 0) is 32.5 Å². The smallest absolute Gasteiger partial charge is 0.331 e. The Balaban J connectivity index is 1.12. The summed E-state index contributed by atoms with van der Waals surface area (Å²) < 4.78 is 43.1. The third kappa shape index (κ3) is 6.25. The second kappa shape index (κ2) is 12.8. The summed E-state index contributed by atoms with van der Waals surface area (Å²) in [6.45, 7) is 1.19. The number of carbonyl (C=O) groups excluding carboxylic acids is 4. The van der Waals surface area contributed by atoms with Gasteiger partial charge in [0.1, 0.15) is 11.9 Å². The first-order chi connectivity index (χ1) is 22.8. The predicted molar refractivity (Wildman–Crippen MR) is 171 cm³/mol. The number of sulfonamides is 1. The van der Waals surface area contributed by atoms with Crippen molar-refractivity contribution < 1.29 is 41.9 Å². The zero-order valence-corrected chi connectivity index (χ0v) is 26.6. The molecule has 3 atom stereocenters. The molecule has 3 aromatic carbocycles. The van der Waals surface area contributed by atoms with Crippen LogP contribution < -0.4 is 20.3 Å². The summed E-state index contributed by atoms with van der Waals surface area (Å²) >= 11 is 0. The van der Waals surface area contributed by atoms with E-state index < -0.39 is 45.4 Å². The summed E-state index contributed by atoms with van der Waals surface area (Å²) in [5.41, 5.74) is 1.19. The molecule has 6 rings (SSSR count). The van der Waals surface area contributed by atoms with Gasteiger partial charge in [0.15, 0.2) is 5.78 Å². The van der Waals surface area contributed by atoms with E-state index in [4.69, 9.17) is 0 Å². The Morgan fingerprint density at radius 3 is 2.50 bits per heavy atom. The number of aryl methyl sites for hydroxylation is 1. The van der Waals surface area contributed by atoms with Gasteiger partial charge in [-0.3, -0.25) is 19.1 Å². The molecule has 2 unspecified atom stereocenters. The first-order valence-corrected chi connectivity index (χ1v) is 16.7. The van der Waals surface area contributed by atoms with E-state index in [1.165, 1.54) is 24.3 Å². The Hall–Kier alpha value is -5.15. The minimum absolute atomic E-state index is 0.158. The van der Waals surface area contributed by atoms with Crippen LogP contribution in [0.15, 0.2) is 65.6 Å². The number of hydrogen-bond acceptors (Lipinski definition) is 8. The van der Waals surface area contributed by atoms with Crippen LogP contribution in [0.4, 0.5) is 20.6 Å². The highest BCUT2D eigenvalue weighted by Crippen LogP contribution is 2.31. The van der Waals surface area contributed by atoms with Crippen LogP contribution >= 0.6 is 0 Å². The fraction of sp³-hybridized carbons (Fsp3) is 0.303. The van der Waals surface area contributed by atoms with Crippen molar-refractivity contribution in [3.8, 4) is 0 Å². The molecule has 0 saturated carbocycles. The number of rotatable bonds is 9. The van der Waals surface area contributed by atoms with E-state index in [-0.39, 0.29) is 40.7 Å². The second-order valence-electron chi connectivity index (χ2n) is 12.0. The minimum atomic E-state index is -4.19. The largest absolute Gasteiger partial charge is 0.480 e. The van der Waals surface area contributed by atoms with Gasteiger partial charge in [-0.15, -0.1) is 0 Å². The minimum Gasteiger partial charge on any atom is -0.480 e. The van der Waals surface area contributed by atoms with Gasteiger partial charge in [0, 0.05) is 32.0 Å². The number of carbonyl (C=O) groups is 5. The molecule has 2 heterocycles. The van der Waals surface area contributed by atoms with Crippen LogP contribution in [0.1, 0.15) is 44.7 Å². The van der Waals surface area contributed by atoms with Gasteiger partial charge in [0.25, 0.3) is 15.9 Å². The Labute approximate surface area is 275 Å². The van der Waals surface area contributed by atoms with Crippen molar-refractivity contribution in [3.05, 3.63) is 88.7 Å². The number of benzene rings is 3. The molecule has 0 radical (unpaired) electrons. The van der Waals surface area contributed by atoms with E-state index in [0.717, 1.165) is 28.7 Å². The second-order valence-corrected chi connectivity index (χ2v) is 13.7. The summed E-state index contributed by atoms with van der Waals surface area (Å²) in [4.78, 5) is 65.7. The summed E-state index contributed by atoms with van der Waals surface area (Å²) in [5, 5.41) is 15.3. The lowest BCUT2D eigenvalue weighted by atomic mass is 9.88. The summed E-state index contributed by atoms with van der Waals surface area (Å²) in [6, 6.07) is 11.2. The Morgan fingerprint density at radius 1 is 1.04 bits per heavy atom. The molecule has 1 aliphatic carbocycles. The third-order valence-electron chi connectivity index (χ3n) is 9.00. The van der Waals surface area contributed by atoms with Crippen molar-refractivity contribution in [1.82, 2.24) is 15.5 Å². The number of halogens is 1. The van der Waals surface area contributed by atoms with Crippen LogP contribution in [0.25, 0.3) is 0 Å². The highest BCUT2D eigenvalue weighted by molar-refractivity contribution is 7.92. The number of carboxylic acid groups (broad SMARTS) is 1. The van der Waals surface area contributed by atoms with Crippen molar-refractivity contribution >= 4 is 51.0 Å². The molecular weight excluding hydrogens is 645 g/mol. The average Bonchev–Trinajstić information content (AvgIpc) is 3.43. The van der Waals surface area contributed by atoms with Crippen molar-refractivity contribution in [2.24, 2.45) is 5.92 Å². The predicted octanol–water partition coefficient (Wildman–Crippen LogP) is 2.56. The summed E-state index contributed by atoms with van der Waals surface area (Å²) in [7, 11) is -2.54. The molecule has 2 aliphatic heterocycles. The lowest BCUT2D eigenvalue weighted by molar-refractivity contribution is -0.139. The van der Waals surface area contributed by atoms with Gasteiger partial charge in [0.2, 0.25) is 5.91 Å². The molecule has 0 spiro atoms. The maximum Gasteiger partial charge on any atom is 0.331 e. The average molecular weight is 678 g/mol. The number of amides is 4. The zero-order valence-electron chi connectivity index (χ0n) is 25.7. The van der Waals surface area contributed by atoms with Gasteiger partial charge in [-0.25, -0.2) is 27.3 Å². The number of ketones is 1. The first-order valence-electron chi connectivity index (χ1n) is 15.3. The Bertz CT molecular complexity index is 1950.